The predicted molar refractivity (Wildman–Crippen MR) is 250 cm³/mol. The summed E-state index contributed by atoms with van der Waals surface area (Å²) in [6.45, 7) is 0.662. The number of hydrogen-bond donors (Lipinski definition) is 4. The molecule has 2 saturated carbocycles. The Morgan fingerprint density at radius 1 is 0.582 bits per heavy atom. The molecule has 356 valence electrons. The zero-order chi connectivity index (χ0) is 47.7. The molecule has 4 aromatic carbocycles. The molecule has 0 heterocycles. The number of sulfonamides is 2. The van der Waals surface area contributed by atoms with Gasteiger partial charge in [-0.1, -0.05) is 86.0 Å². The van der Waals surface area contributed by atoms with Gasteiger partial charge < -0.3 is 30.3 Å². The van der Waals surface area contributed by atoms with Crippen LogP contribution in [0.4, 0.5) is 0 Å². The van der Waals surface area contributed by atoms with E-state index in [0.717, 1.165) is 75.3 Å². The van der Waals surface area contributed by atoms with Gasteiger partial charge in [0.2, 0.25) is 0 Å². The Labute approximate surface area is 422 Å². The maximum Gasteiger partial charge on any atom is 2.00 e. The van der Waals surface area contributed by atoms with Gasteiger partial charge in [-0.05, 0) is 110 Å². The third-order valence-electron chi connectivity index (χ3n) is 10.9. The number of methoxy groups -OCH3 is 2. The molecule has 0 bridgehead atoms. The van der Waals surface area contributed by atoms with Gasteiger partial charge in [0, 0.05) is 23.1 Å². The van der Waals surface area contributed by atoms with Gasteiger partial charge in [0.1, 0.15) is 11.5 Å². The quantitative estimate of drug-likeness (QED) is 0.0642. The van der Waals surface area contributed by atoms with Gasteiger partial charge in [-0.25, -0.2) is 16.8 Å². The van der Waals surface area contributed by atoms with Crippen molar-refractivity contribution in [3.05, 3.63) is 117 Å². The molecule has 0 aromatic heterocycles. The standard InChI is InChI=1S/2C23H28ClN3O5S.Cd/c2*1-32-21-12-9-17(24)15-20(21)22(28)25-14-13-16-7-10-19(11-8-16)33(30,31)27-23(29)26-18-5-3-2-4-6-18;/h2*7-12,15,18H,2-6,13-14H2,1H3,(H,25,28)(H2,26,27,29);/q;;+2/p-2. The molecular formula is C46H54CdCl2N6O10S2. The molecule has 2 fully saturated rings. The molecule has 2 aliphatic rings. The number of hydrogen-bond acceptors (Lipinski definition) is 12. The summed E-state index contributed by atoms with van der Waals surface area (Å²) < 4.78 is 64.3. The van der Waals surface area contributed by atoms with Crippen LogP contribution in [0.25, 0.3) is 0 Å². The number of nitrogens with one attached hydrogen (secondary N) is 4. The molecule has 0 unspecified atom stereocenters. The second-order valence-corrected chi connectivity index (χ2v) is 19.9. The molecule has 2 aliphatic carbocycles. The fourth-order valence-corrected chi connectivity index (χ4v) is 9.50. The van der Waals surface area contributed by atoms with Crippen molar-refractivity contribution in [1.29, 1.82) is 0 Å². The normalized spacial score (nSPS) is 14.9. The van der Waals surface area contributed by atoms with E-state index in [-0.39, 0.29) is 61.0 Å². The molecule has 6 rings (SSSR count). The molecule has 0 spiro atoms. The van der Waals surface area contributed by atoms with E-state index in [0.29, 0.717) is 58.6 Å². The first-order chi connectivity index (χ1) is 31.6. The number of nitrogens with zero attached hydrogens (tertiary/aromatic N) is 2. The maximum atomic E-state index is 12.5. The average molecular weight is 1100 g/mol. The number of ether oxygens (including phenoxy) is 2. The summed E-state index contributed by atoms with van der Waals surface area (Å²) in [7, 11) is -5.05. The summed E-state index contributed by atoms with van der Waals surface area (Å²) in [5, 5.41) is 30.5. The molecule has 4 aromatic rings. The zero-order valence-electron chi connectivity index (χ0n) is 37.4. The first-order valence-corrected chi connectivity index (χ1v) is 25.3. The number of amidine groups is 2. The Morgan fingerprint density at radius 2 is 0.925 bits per heavy atom. The van der Waals surface area contributed by atoms with Crippen molar-refractivity contribution in [1.82, 2.24) is 20.1 Å². The van der Waals surface area contributed by atoms with E-state index in [4.69, 9.17) is 32.7 Å². The van der Waals surface area contributed by atoms with Crippen LogP contribution in [-0.2, 0) is 60.2 Å². The van der Waals surface area contributed by atoms with E-state index >= 15 is 0 Å². The molecule has 0 atom stereocenters. The molecule has 0 aliphatic heterocycles. The Hall–Kier alpha value is -4.64. The first kappa shape index (κ1) is 55.0. The monoisotopic (exact) mass is 1100 g/mol. The Kier molecular flexibility index (Phi) is 22.0. The number of benzene rings is 4. The van der Waals surface area contributed by atoms with Crippen LogP contribution in [0.3, 0.4) is 0 Å². The van der Waals surface area contributed by atoms with Crippen molar-refractivity contribution >= 4 is 67.1 Å². The van der Waals surface area contributed by atoms with E-state index < -0.39 is 32.1 Å². The van der Waals surface area contributed by atoms with Gasteiger partial charge in [-0.2, -0.15) is 0 Å². The van der Waals surface area contributed by atoms with Crippen LogP contribution in [-0.4, -0.2) is 80.1 Å². The summed E-state index contributed by atoms with van der Waals surface area (Å²) in [6.07, 6.45) is 10.5. The number of rotatable bonds is 16. The van der Waals surface area contributed by atoms with Gasteiger partial charge in [0.25, 0.3) is 31.9 Å². The van der Waals surface area contributed by atoms with Crippen molar-refractivity contribution in [3.8, 4) is 11.5 Å². The summed E-state index contributed by atoms with van der Waals surface area (Å²) in [4.78, 5) is 32.7. The fourth-order valence-electron chi connectivity index (χ4n) is 7.37. The van der Waals surface area contributed by atoms with Gasteiger partial charge in [0.05, 0.1) is 59.3 Å². The van der Waals surface area contributed by atoms with Gasteiger partial charge >= 0.3 is 27.3 Å². The van der Waals surface area contributed by atoms with E-state index in [1.54, 1.807) is 48.5 Å². The van der Waals surface area contributed by atoms with Crippen LogP contribution in [0.15, 0.2) is 105 Å². The molecule has 0 radical (unpaired) electrons. The number of halogens is 2. The van der Waals surface area contributed by atoms with Crippen molar-refractivity contribution in [2.75, 3.05) is 27.3 Å². The SMILES string of the molecule is COc1ccc(Cl)cc1C(=O)NCCc1ccc(S(=O)(=O)NC([O-])=NC2CCCCC2)cc1.COc1ccc(Cl)cc1C(=O)NCCc1ccc(S(=O)(=O)NC([O-])=NC2CCCCC2)cc1.[Cd+2]. The number of aliphatic imine (C=N–C) groups is 2. The van der Waals surface area contributed by atoms with Crippen molar-refractivity contribution in [3.63, 3.8) is 0 Å². The number of carbonyl (C=O) groups excluding carboxylic acids is 2. The fraction of sp³-hybridized carbons (Fsp3) is 0.391. The molecule has 21 heteroatoms. The summed E-state index contributed by atoms with van der Waals surface area (Å²) in [5.41, 5.74) is 2.32. The molecule has 16 nitrogen and oxygen atoms in total. The van der Waals surface area contributed by atoms with Crippen LogP contribution in [0.2, 0.25) is 10.0 Å². The Morgan fingerprint density at radius 3 is 1.25 bits per heavy atom. The molecule has 4 N–H and O–H groups in total. The van der Waals surface area contributed by atoms with Crippen LogP contribution in [0, 0.1) is 0 Å². The van der Waals surface area contributed by atoms with Crippen LogP contribution in [0.5, 0.6) is 11.5 Å². The molecular weight excluding hydrogens is 1040 g/mol. The third-order valence-corrected chi connectivity index (χ3v) is 14.0. The van der Waals surface area contributed by atoms with E-state index in [1.165, 1.54) is 50.6 Å². The minimum atomic E-state index is -4.00. The smallest absolute Gasteiger partial charge is 0.846 e. The molecule has 2 amide bonds. The Balaban J connectivity index is 0.000000288. The van der Waals surface area contributed by atoms with Crippen LogP contribution < -0.4 is 39.8 Å². The maximum absolute atomic E-state index is 12.5. The topological polar surface area (TPSA) is 240 Å². The summed E-state index contributed by atoms with van der Waals surface area (Å²) in [6, 6.07) is 20.0. The zero-order valence-corrected chi connectivity index (χ0v) is 44.6. The van der Waals surface area contributed by atoms with Gasteiger partial charge in [-0.3, -0.25) is 29.0 Å². The van der Waals surface area contributed by atoms with Gasteiger partial charge in [-0.15, -0.1) is 0 Å². The number of carbonyl (C=O) groups is 2. The van der Waals surface area contributed by atoms with Crippen molar-refractivity contribution in [2.45, 2.75) is 98.9 Å². The summed E-state index contributed by atoms with van der Waals surface area (Å²) in [5.74, 6) is 0.198. The van der Waals surface area contributed by atoms with Crippen LogP contribution >= 0.6 is 23.2 Å². The second-order valence-electron chi connectivity index (χ2n) is 15.7. The van der Waals surface area contributed by atoms with E-state index in [2.05, 4.69) is 20.6 Å². The van der Waals surface area contributed by atoms with Crippen molar-refractivity contribution < 1.29 is 73.4 Å². The van der Waals surface area contributed by atoms with Crippen LogP contribution in [0.1, 0.15) is 96.1 Å². The predicted octanol–water partition coefficient (Wildman–Crippen LogP) is 5.29. The second kappa shape index (κ2) is 26.8. The number of amides is 2. The molecule has 67 heavy (non-hydrogen) atoms. The third kappa shape index (κ3) is 17.4. The Bertz CT molecular complexity index is 2380. The average Bonchev–Trinajstić information content (AvgIpc) is 3.29. The van der Waals surface area contributed by atoms with E-state index in [1.807, 2.05) is 9.44 Å². The minimum Gasteiger partial charge on any atom is -0.846 e. The van der Waals surface area contributed by atoms with Crippen molar-refractivity contribution in [2.24, 2.45) is 9.98 Å². The largest absolute Gasteiger partial charge is 2.00 e. The van der Waals surface area contributed by atoms with E-state index in [9.17, 15) is 36.6 Å². The molecule has 0 saturated heterocycles. The van der Waals surface area contributed by atoms with Gasteiger partial charge in [0.15, 0.2) is 0 Å². The minimum absolute atomic E-state index is 0. The summed E-state index contributed by atoms with van der Waals surface area (Å²) >= 11 is 11.9. The first-order valence-electron chi connectivity index (χ1n) is 21.5.